The first kappa shape index (κ1) is 30.5. The Hall–Kier alpha value is -5.78. The standard InChI is InChI=1S/C38H30N8OS2/c47-34(46-31-17-9-7-11-25(31)19-20-26-12-8-10-18-32(26)46)24-48-38-42-30-22-21-29(23-33(30)49-38)41-37-44-35(39-27-13-3-1-4-14-27)43-36(45-37)40-28-15-5-2-6-16-28/h1-18,21-23H,19-20,24H2,(H3,39,40,41,43,44,45). The maximum absolute atomic E-state index is 13.9. The molecule has 240 valence electrons. The van der Waals surface area contributed by atoms with E-state index in [1.165, 1.54) is 22.9 Å². The van der Waals surface area contributed by atoms with Crippen molar-refractivity contribution in [3.05, 3.63) is 139 Å². The third kappa shape index (κ3) is 6.94. The number of rotatable bonds is 9. The normalized spacial score (nSPS) is 12.1. The van der Waals surface area contributed by atoms with Crippen LogP contribution in [0, 0.1) is 0 Å². The fraction of sp³-hybridized carbons (Fsp3) is 0.0789. The molecule has 5 aromatic carbocycles. The van der Waals surface area contributed by atoms with Crippen LogP contribution in [-0.2, 0) is 17.6 Å². The van der Waals surface area contributed by atoms with Crippen LogP contribution in [-0.4, -0.2) is 31.6 Å². The Labute approximate surface area is 291 Å². The highest BCUT2D eigenvalue weighted by Gasteiger charge is 2.26. The number of hydrogen-bond acceptors (Lipinski definition) is 10. The summed E-state index contributed by atoms with van der Waals surface area (Å²) in [5.41, 5.74) is 7.69. The number of carbonyl (C=O) groups excluding carboxylic acids is 1. The first-order valence-corrected chi connectivity index (χ1v) is 17.6. The second kappa shape index (κ2) is 13.8. The summed E-state index contributed by atoms with van der Waals surface area (Å²) >= 11 is 3.02. The van der Waals surface area contributed by atoms with Crippen LogP contribution >= 0.6 is 23.1 Å². The van der Waals surface area contributed by atoms with E-state index in [9.17, 15) is 4.79 Å². The third-order valence-corrected chi connectivity index (χ3v) is 10.2. The van der Waals surface area contributed by atoms with Crippen LogP contribution in [0.4, 0.5) is 46.3 Å². The van der Waals surface area contributed by atoms with Crippen molar-refractivity contribution in [2.45, 2.75) is 17.2 Å². The van der Waals surface area contributed by atoms with Crippen molar-refractivity contribution in [3.63, 3.8) is 0 Å². The van der Waals surface area contributed by atoms with Gasteiger partial charge in [0.05, 0.1) is 27.3 Å². The van der Waals surface area contributed by atoms with Gasteiger partial charge in [0, 0.05) is 17.1 Å². The highest BCUT2D eigenvalue weighted by molar-refractivity contribution is 8.01. The first-order valence-electron chi connectivity index (χ1n) is 15.8. The number of benzene rings is 5. The Morgan fingerprint density at radius 1 is 0.612 bits per heavy atom. The molecule has 1 aliphatic rings. The zero-order chi connectivity index (χ0) is 33.0. The molecule has 0 saturated carbocycles. The first-order chi connectivity index (χ1) is 24.1. The smallest absolute Gasteiger partial charge is 0.242 e. The number of thioether (sulfide) groups is 1. The van der Waals surface area contributed by atoms with Gasteiger partial charge in [-0.3, -0.25) is 9.69 Å². The minimum atomic E-state index is 0.0306. The zero-order valence-corrected chi connectivity index (χ0v) is 27.8. The van der Waals surface area contributed by atoms with E-state index >= 15 is 0 Å². The fourth-order valence-corrected chi connectivity index (χ4v) is 7.71. The number of thiazole rings is 1. The average molecular weight is 679 g/mol. The van der Waals surface area contributed by atoms with Gasteiger partial charge >= 0.3 is 0 Å². The second-order valence-electron chi connectivity index (χ2n) is 11.4. The molecule has 1 amide bonds. The van der Waals surface area contributed by atoms with Crippen LogP contribution in [0.2, 0.25) is 0 Å². The number of amides is 1. The van der Waals surface area contributed by atoms with Gasteiger partial charge in [0.2, 0.25) is 23.8 Å². The summed E-state index contributed by atoms with van der Waals surface area (Å²) in [6.07, 6.45) is 1.80. The lowest BCUT2D eigenvalue weighted by atomic mass is 10.0. The Balaban J connectivity index is 1.01. The molecule has 0 fully saturated rings. The van der Waals surface area contributed by atoms with Crippen LogP contribution in [0.3, 0.4) is 0 Å². The maximum Gasteiger partial charge on any atom is 0.242 e. The largest absolute Gasteiger partial charge is 0.324 e. The molecule has 7 aromatic rings. The van der Waals surface area contributed by atoms with Gasteiger partial charge in [-0.05, 0) is 78.6 Å². The predicted octanol–water partition coefficient (Wildman–Crippen LogP) is 9.27. The molecule has 3 heterocycles. The lowest BCUT2D eigenvalue weighted by Crippen LogP contribution is -2.28. The Bertz CT molecular complexity index is 2150. The van der Waals surface area contributed by atoms with Crippen molar-refractivity contribution in [3.8, 4) is 0 Å². The number of para-hydroxylation sites is 4. The van der Waals surface area contributed by atoms with Crippen LogP contribution in [0.1, 0.15) is 11.1 Å². The summed E-state index contributed by atoms with van der Waals surface area (Å²) in [6, 6.07) is 41.9. The summed E-state index contributed by atoms with van der Waals surface area (Å²) < 4.78 is 1.82. The van der Waals surface area contributed by atoms with Gasteiger partial charge in [-0.25, -0.2) is 4.98 Å². The van der Waals surface area contributed by atoms with E-state index < -0.39 is 0 Å². The minimum Gasteiger partial charge on any atom is -0.324 e. The van der Waals surface area contributed by atoms with E-state index in [1.807, 2.05) is 120 Å². The van der Waals surface area contributed by atoms with Crippen molar-refractivity contribution in [2.75, 3.05) is 26.6 Å². The quantitative estimate of drug-likeness (QED) is 0.129. The van der Waals surface area contributed by atoms with Crippen LogP contribution < -0.4 is 20.9 Å². The number of aryl methyl sites for hydroxylation is 2. The van der Waals surface area contributed by atoms with Crippen molar-refractivity contribution in [1.82, 2.24) is 19.9 Å². The molecule has 0 unspecified atom stereocenters. The van der Waals surface area contributed by atoms with Gasteiger partial charge in [0.25, 0.3) is 0 Å². The molecule has 8 rings (SSSR count). The Morgan fingerprint density at radius 2 is 1.12 bits per heavy atom. The fourth-order valence-electron chi connectivity index (χ4n) is 5.75. The summed E-state index contributed by atoms with van der Waals surface area (Å²) in [5, 5.41) is 9.88. The van der Waals surface area contributed by atoms with E-state index in [1.54, 1.807) is 11.3 Å². The monoisotopic (exact) mass is 678 g/mol. The lowest BCUT2D eigenvalue weighted by molar-refractivity contribution is -0.115. The number of carbonyl (C=O) groups is 1. The van der Waals surface area contributed by atoms with Crippen LogP contribution in [0.25, 0.3) is 10.2 Å². The van der Waals surface area contributed by atoms with Gasteiger partial charge in [-0.1, -0.05) is 84.6 Å². The van der Waals surface area contributed by atoms with Gasteiger partial charge in [0.15, 0.2) is 4.34 Å². The molecule has 9 nitrogen and oxygen atoms in total. The van der Waals surface area contributed by atoms with Crippen molar-refractivity contribution in [1.29, 1.82) is 0 Å². The molecule has 0 saturated heterocycles. The van der Waals surface area contributed by atoms with Gasteiger partial charge in [-0.15, -0.1) is 11.3 Å². The summed E-state index contributed by atoms with van der Waals surface area (Å²) in [6.45, 7) is 0. The van der Waals surface area contributed by atoms with E-state index in [0.717, 1.165) is 55.8 Å². The number of nitrogens with one attached hydrogen (secondary N) is 3. The molecule has 0 radical (unpaired) electrons. The van der Waals surface area contributed by atoms with Crippen molar-refractivity contribution >= 4 is 85.5 Å². The van der Waals surface area contributed by atoms with E-state index in [-0.39, 0.29) is 11.7 Å². The molecular weight excluding hydrogens is 649 g/mol. The Morgan fingerprint density at radius 3 is 1.69 bits per heavy atom. The lowest BCUT2D eigenvalue weighted by Gasteiger charge is -2.24. The minimum absolute atomic E-state index is 0.0306. The molecular formula is C38H30N8OS2. The van der Waals surface area contributed by atoms with Crippen LogP contribution in [0.5, 0.6) is 0 Å². The average Bonchev–Trinajstić information content (AvgIpc) is 3.46. The van der Waals surface area contributed by atoms with Gasteiger partial charge < -0.3 is 16.0 Å². The van der Waals surface area contributed by atoms with E-state index in [0.29, 0.717) is 17.8 Å². The van der Waals surface area contributed by atoms with Crippen LogP contribution in [0.15, 0.2) is 132 Å². The molecule has 49 heavy (non-hydrogen) atoms. The third-order valence-electron chi connectivity index (χ3n) is 8.02. The second-order valence-corrected chi connectivity index (χ2v) is 13.6. The highest BCUT2D eigenvalue weighted by Crippen LogP contribution is 2.38. The van der Waals surface area contributed by atoms with Gasteiger partial charge in [-0.2, -0.15) is 15.0 Å². The molecule has 2 aromatic heterocycles. The highest BCUT2D eigenvalue weighted by atomic mass is 32.2. The zero-order valence-electron chi connectivity index (χ0n) is 26.2. The molecule has 0 atom stereocenters. The number of aromatic nitrogens is 4. The number of hydrogen-bond donors (Lipinski definition) is 3. The SMILES string of the molecule is O=C(CSc1nc2ccc(Nc3nc(Nc4ccccc4)nc(Nc4ccccc4)n3)cc2s1)N1c2ccccc2CCc2ccccc21. The summed E-state index contributed by atoms with van der Waals surface area (Å²) in [4.78, 5) is 34.4. The molecule has 11 heteroatoms. The molecule has 0 spiro atoms. The number of fused-ring (bicyclic) bond motifs is 3. The molecule has 0 bridgehead atoms. The molecule has 0 aliphatic carbocycles. The molecule has 3 N–H and O–H groups in total. The van der Waals surface area contributed by atoms with Crippen molar-refractivity contribution in [2.24, 2.45) is 0 Å². The number of nitrogens with zero attached hydrogens (tertiary/aromatic N) is 5. The van der Waals surface area contributed by atoms with E-state index in [4.69, 9.17) is 4.98 Å². The Kier molecular flexibility index (Phi) is 8.57. The molecule has 1 aliphatic heterocycles. The van der Waals surface area contributed by atoms with Gasteiger partial charge in [0.1, 0.15) is 0 Å². The predicted molar refractivity (Wildman–Crippen MR) is 200 cm³/mol. The van der Waals surface area contributed by atoms with Crippen molar-refractivity contribution < 1.29 is 4.79 Å². The summed E-state index contributed by atoms with van der Waals surface area (Å²) in [5.74, 6) is 1.49. The number of anilines is 8. The summed E-state index contributed by atoms with van der Waals surface area (Å²) in [7, 11) is 0. The topological polar surface area (TPSA) is 108 Å². The maximum atomic E-state index is 13.9. The van der Waals surface area contributed by atoms with E-state index in [2.05, 4.69) is 43.0 Å².